The normalized spacial score (nSPS) is 10.4. The molecule has 26 heavy (non-hydrogen) atoms. The Morgan fingerprint density at radius 2 is 1.73 bits per heavy atom. The highest BCUT2D eigenvalue weighted by atomic mass is 19.1. The van der Waals surface area contributed by atoms with Crippen LogP contribution < -0.4 is 10.6 Å². The largest absolute Gasteiger partial charge is 0.348 e. The number of rotatable bonds is 5. The lowest BCUT2D eigenvalue weighted by Crippen LogP contribution is -2.23. The Kier molecular flexibility index (Phi) is 5.17. The van der Waals surface area contributed by atoms with E-state index in [4.69, 9.17) is 0 Å². The number of nitrogens with zero attached hydrogens (tertiary/aromatic N) is 2. The van der Waals surface area contributed by atoms with Gasteiger partial charge in [-0.2, -0.15) is 0 Å². The average molecular weight is 354 g/mol. The molecule has 2 aromatic carbocycles. The van der Waals surface area contributed by atoms with Crippen LogP contribution in [0.3, 0.4) is 0 Å². The van der Waals surface area contributed by atoms with Crippen LogP contribution in [0.15, 0.2) is 54.9 Å². The summed E-state index contributed by atoms with van der Waals surface area (Å²) in [5.74, 6) is -1.64. The number of anilines is 2. The molecule has 2 N–H and O–H groups in total. The Morgan fingerprint density at radius 3 is 2.38 bits per heavy atom. The lowest BCUT2D eigenvalue weighted by Gasteiger charge is -2.08. The van der Waals surface area contributed by atoms with Gasteiger partial charge in [-0.3, -0.25) is 4.79 Å². The maximum absolute atomic E-state index is 13.6. The van der Waals surface area contributed by atoms with Gasteiger partial charge < -0.3 is 10.6 Å². The highest BCUT2D eigenvalue weighted by molar-refractivity contribution is 5.93. The molecule has 1 amide bonds. The van der Waals surface area contributed by atoms with Gasteiger partial charge in [0, 0.05) is 25.0 Å². The molecule has 0 aliphatic rings. The number of amides is 1. The quantitative estimate of drug-likeness (QED) is 0.733. The molecular weight excluding hydrogens is 338 g/mol. The first kappa shape index (κ1) is 17.5. The SMILES string of the molecule is Cc1ccc(CNC(=O)c2cnc(Nc3ccc(F)cc3F)nc2)cc1. The Morgan fingerprint density at radius 1 is 1.04 bits per heavy atom. The zero-order valence-corrected chi connectivity index (χ0v) is 14.0. The van der Waals surface area contributed by atoms with Gasteiger partial charge in [0.1, 0.15) is 11.6 Å². The summed E-state index contributed by atoms with van der Waals surface area (Å²) < 4.78 is 26.5. The first-order valence-corrected chi connectivity index (χ1v) is 7.89. The van der Waals surface area contributed by atoms with Gasteiger partial charge in [-0.25, -0.2) is 18.7 Å². The summed E-state index contributed by atoms with van der Waals surface area (Å²) in [4.78, 5) is 20.1. The van der Waals surface area contributed by atoms with Crippen molar-refractivity contribution in [3.63, 3.8) is 0 Å². The van der Waals surface area contributed by atoms with E-state index >= 15 is 0 Å². The van der Waals surface area contributed by atoms with Crippen LogP contribution in [0.5, 0.6) is 0 Å². The molecule has 5 nitrogen and oxygen atoms in total. The molecule has 7 heteroatoms. The fraction of sp³-hybridized carbons (Fsp3) is 0.105. The molecule has 0 fully saturated rings. The van der Waals surface area contributed by atoms with Crippen LogP contribution in [0.2, 0.25) is 0 Å². The predicted octanol–water partition coefficient (Wildman–Crippen LogP) is 3.74. The molecule has 0 atom stereocenters. The Labute approximate surface area is 149 Å². The summed E-state index contributed by atoms with van der Waals surface area (Å²) in [5, 5.41) is 5.41. The van der Waals surface area contributed by atoms with Crippen molar-refractivity contribution < 1.29 is 13.6 Å². The topological polar surface area (TPSA) is 66.9 Å². The number of hydrogen-bond acceptors (Lipinski definition) is 4. The Bertz CT molecular complexity index is 912. The Hall–Kier alpha value is -3.35. The molecule has 0 saturated carbocycles. The van der Waals surface area contributed by atoms with Gasteiger partial charge in [0.25, 0.3) is 5.91 Å². The van der Waals surface area contributed by atoms with E-state index in [0.717, 1.165) is 23.3 Å². The van der Waals surface area contributed by atoms with Crippen LogP contribution in [-0.4, -0.2) is 15.9 Å². The highest BCUT2D eigenvalue weighted by Gasteiger charge is 2.09. The summed E-state index contributed by atoms with van der Waals surface area (Å²) >= 11 is 0. The van der Waals surface area contributed by atoms with E-state index in [1.807, 2.05) is 31.2 Å². The van der Waals surface area contributed by atoms with Crippen molar-refractivity contribution in [1.82, 2.24) is 15.3 Å². The minimum atomic E-state index is -0.756. The number of halogens is 2. The Balaban J connectivity index is 1.61. The minimum absolute atomic E-state index is 0.0444. The molecule has 0 radical (unpaired) electrons. The van der Waals surface area contributed by atoms with Crippen molar-refractivity contribution in [3.05, 3.63) is 83.2 Å². The van der Waals surface area contributed by atoms with E-state index < -0.39 is 11.6 Å². The van der Waals surface area contributed by atoms with Crippen molar-refractivity contribution >= 4 is 17.5 Å². The third-order valence-corrected chi connectivity index (χ3v) is 3.67. The van der Waals surface area contributed by atoms with Crippen molar-refractivity contribution in [2.24, 2.45) is 0 Å². The van der Waals surface area contributed by atoms with Gasteiger partial charge in [-0.1, -0.05) is 29.8 Å². The van der Waals surface area contributed by atoms with Crippen molar-refractivity contribution in [3.8, 4) is 0 Å². The molecule has 0 aliphatic carbocycles. The zero-order valence-electron chi connectivity index (χ0n) is 14.0. The van der Waals surface area contributed by atoms with Crippen molar-refractivity contribution in [1.29, 1.82) is 0 Å². The first-order valence-electron chi connectivity index (χ1n) is 7.89. The molecular formula is C19H16F2N4O. The molecule has 0 spiro atoms. The number of carbonyl (C=O) groups excluding carboxylic acids is 1. The van der Waals surface area contributed by atoms with E-state index in [0.29, 0.717) is 6.54 Å². The van der Waals surface area contributed by atoms with Crippen molar-refractivity contribution in [2.45, 2.75) is 13.5 Å². The highest BCUT2D eigenvalue weighted by Crippen LogP contribution is 2.18. The van der Waals surface area contributed by atoms with Crippen LogP contribution in [0, 0.1) is 18.6 Å². The molecule has 3 aromatic rings. The summed E-state index contributed by atoms with van der Waals surface area (Å²) in [6.07, 6.45) is 2.67. The summed E-state index contributed by atoms with van der Waals surface area (Å²) in [6, 6.07) is 11.0. The average Bonchev–Trinajstić information content (AvgIpc) is 2.64. The fourth-order valence-electron chi connectivity index (χ4n) is 2.21. The van der Waals surface area contributed by atoms with E-state index in [-0.39, 0.29) is 23.1 Å². The van der Waals surface area contributed by atoms with Gasteiger partial charge in [-0.15, -0.1) is 0 Å². The maximum atomic E-state index is 13.6. The van der Waals surface area contributed by atoms with Gasteiger partial charge in [0.05, 0.1) is 11.3 Å². The second kappa shape index (κ2) is 7.69. The summed E-state index contributed by atoms with van der Waals surface area (Å²) in [5.41, 5.74) is 2.45. The third kappa shape index (κ3) is 4.38. The van der Waals surface area contributed by atoms with E-state index in [1.54, 1.807) is 0 Å². The van der Waals surface area contributed by atoms with Gasteiger partial charge in [0.15, 0.2) is 0 Å². The zero-order chi connectivity index (χ0) is 18.5. The van der Waals surface area contributed by atoms with E-state index in [9.17, 15) is 13.6 Å². The lowest BCUT2D eigenvalue weighted by atomic mass is 10.1. The second-order valence-electron chi connectivity index (χ2n) is 5.71. The lowest BCUT2D eigenvalue weighted by molar-refractivity contribution is 0.0950. The number of aryl methyl sites for hydroxylation is 1. The molecule has 0 saturated heterocycles. The number of aromatic nitrogens is 2. The minimum Gasteiger partial charge on any atom is -0.348 e. The number of nitrogens with one attached hydrogen (secondary N) is 2. The second-order valence-corrected chi connectivity index (χ2v) is 5.71. The summed E-state index contributed by atoms with van der Waals surface area (Å²) in [7, 11) is 0. The van der Waals surface area contributed by atoms with E-state index in [2.05, 4.69) is 20.6 Å². The molecule has 1 heterocycles. The number of carbonyl (C=O) groups is 1. The van der Waals surface area contributed by atoms with Crippen LogP contribution in [0.1, 0.15) is 21.5 Å². The molecule has 0 aliphatic heterocycles. The van der Waals surface area contributed by atoms with E-state index in [1.165, 1.54) is 18.5 Å². The molecule has 1 aromatic heterocycles. The predicted molar refractivity (Wildman–Crippen MR) is 94.0 cm³/mol. The summed E-state index contributed by atoms with van der Waals surface area (Å²) in [6.45, 7) is 2.38. The standard InChI is InChI=1S/C19H16F2N4O/c1-12-2-4-13(5-3-12)9-22-18(26)14-10-23-19(24-11-14)25-17-7-6-15(20)8-16(17)21/h2-8,10-11H,9H2,1H3,(H,22,26)(H,23,24,25). The van der Waals surface area contributed by atoms with Gasteiger partial charge in [-0.05, 0) is 24.6 Å². The van der Waals surface area contributed by atoms with Crippen LogP contribution >= 0.6 is 0 Å². The smallest absolute Gasteiger partial charge is 0.254 e. The third-order valence-electron chi connectivity index (χ3n) is 3.67. The molecule has 0 bridgehead atoms. The van der Waals surface area contributed by atoms with Crippen LogP contribution in [-0.2, 0) is 6.54 Å². The molecule has 132 valence electrons. The monoisotopic (exact) mass is 354 g/mol. The first-order chi connectivity index (χ1) is 12.5. The van der Waals surface area contributed by atoms with Crippen molar-refractivity contribution in [2.75, 3.05) is 5.32 Å². The molecule has 0 unspecified atom stereocenters. The fourth-order valence-corrected chi connectivity index (χ4v) is 2.21. The van der Waals surface area contributed by atoms with Crippen LogP contribution in [0.25, 0.3) is 0 Å². The van der Waals surface area contributed by atoms with Gasteiger partial charge >= 0.3 is 0 Å². The molecule has 3 rings (SSSR count). The van der Waals surface area contributed by atoms with Gasteiger partial charge in [0.2, 0.25) is 5.95 Å². The maximum Gasteiger partial charge on any atom is 0.254 e. The number of benzene rings is 2. The van der Waals surface area contributed by atoms with Crippen LogP contribution in [0.4, 0.5) is 20.4 Å². The number of hydrogen-bond donors (Lipinski definition) is 2.